The molecule has 1 saturated heterocycles. The van der Waals surface area contributed by atoms with E-state index < -0.39 is 0 Å². The van der Waals surface area contributed by atoms with E-state index >= 15 is 0 Å². The van der Waals surface area contributed by atoms with E-state index in [9.17, 15) is 9.59 Å². The number of carbonyl (C=O) groups is 2. The first-order valence-electron chi connectivity index (χ1n) is 12.5. The minimum absolute atomic E-state index is 0.112. The van der Waals surface area contributed by atoms with Gasteiger partial charge in [-0.25, -0.2) is 0 Å². The molecule has 1 aliphatic heterocycles. The van der Waals surface area contributed by atoms with Crippen LogP contribution in [-0.2, 0) is 9.59 Å². The smallest absolute Gasteiger partial charge is 0.228 e. The van der Waals surface area contributed by atoms with Crippen molar-refractivity contribution in [1.82, 2.24) is 9.80 Å². The zero-order chi connectivity index (χ0) is 20.6. The monoisotopic (exact) mass is 402 g/mol. The van der Waals surface area contributed by atoms with Crippen molar-refractivity contribution in [3.63, 3.8) is 0 Å². The zero-order valence-corrected chi connectivity index (χ0v) is 19.0. The fourth-order valence-corrected chi connectivity index (χ4v) is 6.87. The van der Waals surface area contributed by atoms with Crippen LogP contribution in [0.3, 0.4) is 0 Å². The standard InChI is InChI=1S/C25H42N2O2/c1-18-5-10-22(19(2)17-18)20-6-8-21(9-7-20)23(28)26-13-15-27(16-14-26)24(29)25(3)11-4-12-25/h18-22H,4-17H2,1-3H3. The molecule has 4 fully saturated rings. The van der Waals surface area contributed by atoms with Crippen LogP contribution in [0, 0.1) is 35.0 Å². The Morgan fingerprint density at radius 2 is 1.45 bits per heavy atom. The molecular weight excluding hydrogens is 360 g/mol. The maximum atomic E-state index is 13.1. The first-order chi connectivity index (χ1) is 13.9. The molecule has 0 aromatic rings. The molecule has 4 rings (SSSR count). The molecule has 0 bridgehead atoms. The van der Waals surface area contributed by atoms with Gasteiger partial charge in [0.25, 0.3) is 0 Å². The van der Waals surface area contributed by atoms with Crippen molar-refractivity contribution in [2.45, 2.75) is 85.0 Å². The highest BCUT2D eigenvalue weighted by Crippen LogP contribution is 2.45. The highest BCUT2D eigenvalue weighted by molar-refractivity contribution is 5.84. The quantitative estimate of drug-likeness (QED) is 0.685. The van der Waals surface area contributed by atoms with E-state index in [-0.39, 0.29) is 11.3 Å². The number of hydrogen-bond acceptors (Lipinski definition) is 2. The van der Waals surface area contributed by atoms with Gasteiger partial charge in [0.2, 0.25) is 11.8 Å². The lowest BCUT2D eigenvalue weighted by atomic mass is 9.65. The minimum atomic E-state index is -0.112. The molecule has 3 atom stereocenters. The van der Waals surface area contributed by atoms with Gasteiger partial charge in [-0.05, 0) is 75.0 Å². The van der Waals surface area contributed by atoms with Gasteiger partial charge >= 0.3 is 0 Å². The molecule has 0 radical (unpaired) electrons. The van der Waals surface area contributed by atoms with Crippen LogP contribution in [0.15, 0.2) is 0 Å². The third-order valence-electron chi connectivity index (χ3n) is 9.08. The topological polar surface area (TPSA) is 40.6 Å². The third-order valence-corrected chi connectivity index (χ3v) is 9.08. The van der Waals surface area contributed by atoms with Crippen molar-refractivity contribution < 1.29 is 9.59 Å². The van der Waals surface area contributed by atoms with Crippen molar-refractivity contribution in [3.8, 4) is 0 Å². The molecule has 0 aromatic carbocycles. The number of rotatable bonds is 3. The molecule has 1 heterocycles. The predicted octanol–water partition coefficient (Wildman–Crippen LogP) is 4.73. The van der Waals surface area contributed by atoms with E-state index in [4.69, 9.17) is 0 Å². The number of amides is 2. The maximum absolute atomic E-state index is 13.1. The van der Waals surface area contributed by atoms with Crippen LogP contribution in [0.25, 0.3) is 0 Å². The summed E-state index contributed by atoms with van der Waals surface area (Å²) in [5.41, 5.74) is -0.112. The van der Waals surface area contributed by atoms with Crippen LogP contribution in [0.4, 0.5) is 0 Å². The zero-order valence-electron chi connectivity index (χ0n) is 19.0. The summed E-state index contributed by atoms with van der Waals surface area (Å²) < 4.78 is 0. The fraction of sp³-hybridized carbons (Fsp3) is 0.920. The van der Waals surface area contributed by atoms with Crippen LogP contribution in [0.5, 0.6) is 0 Å². The summed E-state index contributed by atoms with van der Waals surface area (Å²) in [5, 5.41) is 0. The fourth-order valence-electron chi connectivity index (χ4n) is 6.87. The van der Waals surface area contributed by atoms with E-state index in [2.05, 4.69) is 25.7 Å². The van der Waals surface area contributed by atoms with Gasteiger partial charge in [0.05, 0.1) is 0 Å². The Balaban J connectivity index is 1.23. The van der Waals surface area contributed by atoms with Gasteiger partial charge in [0.15, 0.2) is 0 Å². The van der Waals surface area contributed by atoms with E-state index in [1.54, 1.807) is 0 Å². The van der Waals surface area contributed by atoms with Crippen LogP contribution < -0.4 is 0 Å². The molecule has 4 aliphatic rings. The normalized spacial score (nSPS) is 37.7. The first kappa shape index (κ1) is 21.2. The average Bonchev–Trinajstić information content (AvgIpc) is 2.71. The van der Waals surface area contributed by atoms with Gasteiger partial charge in [-0.3, -0.25) is 9.59 Å². The first-order valence-corrected chi connectivity index (χ1v) is 12.5. The molecule has 3 aliphatic carbocycles. The van der Waals surface area contributed by atoms with Crippen molar-refractivity contribution in [3.05, 3.63) is 0 Å². The average molecular weight is 403 g/mol. The summed E-state index contributed by atoms with van der Waals surface area (Å²) in [7, 11) is 0. The van der Waals surface area contributed by atoms with E-state index in [0.717, 1.165) is 75.5 Å². The van der Waals surface area contributed by atoms with Crippen molar-refractivity contribution in [1.29, 1.82) is 0 Å². The number of hydrogen-bond donors (Lipinski definition) is 0. The molecule has 4 heteroatoms. The SMILES string of the molecule is CC1CCC(C2CCC(C(=O)N3CCN(C(=O)C4(C)CCC4)CC3)CC2)C(C)C1. The van der Waals surface area contributed by atoms with Crippen LogP contribution in [0.1, 0.15) is 85.0 Å². The Kier molecular flexibility index (Phi) is 6.27. The lowest BCUT2D eigenvalue weighted by Crippen LogP contribution is -2.56. The van der Waals surface area contributed by atoms with Crippen LogP contribution >= 0.6 is 0 Å². The van der Waals surface area contributed by atoms with Gasteiger partial charge in [-0.2, -0.15) is 0 Å². The second-order valence-corrected chi connectivity index (χ2v) is 11.2. The summed E-state index contributed by atoms with van der Waals surface area (Å²) in [6, 6.07) is 0. The van der Waals surface area contributed by atoms with Crippen molar-refractivity contribution in [2.24, 2.45) is 35.0 Å². The maximum Gasteiger partial charge on any atom is 0.228 e. The minimum Gasteiger partial charge on any atom is -0.339 e. The molecule has 0 aromatic heterocycles. The van der Waals surface area contributed by atoms with Crippen LogP contribution in [-0.4, -0.2) is 47.8 Å². The second-order valence-electron chi connectivity index (χ2n) is 11.2. The molecular formula is C25H42N2O2. The number of piperazine rings is 1. The van der Waals surface area contributed by atoms with E-state index in [1.165, 1.54) is 38.5 Å². The van der Waals surface area contributed by atoms with E-state index in [0.29, 0.717) is 11.8 Å². The molecule has 0 N–H and O–H groups in total. The predicted molar refractivity (Wildman–Crippen MR) is 116 cm³/mol. The molecule has 29 heavy (non-hydrogen) atoms. The Bertz CT molecular complexity index is 598. The Labute approximate surface area is 177 Å². The molecule has 3 saturated carbocycles. The molecule has 4 nitrogen and oxygen atoms in total. The Morgan fingerprint density at radius 1 is 0.828 bits per heavy atom. The number of nitrogens with zero attached hydrogens (tertiary/aromatic N) is 2. The molecule has 0 spiro atoms. The van der Waals surface area contributed by atoms with E-state index in [1.807, 2.05) is 4.90 Å². The summed E-state index contributed by atoms with van der Waals surface area (Å²) in [6.07, 6.45) is 12.1. The van der Waals surface area contributed by atoms with Crippen molar-refractivity contribution in [2.75, 3.05) is 26.2 Å². The summed E-state index contributed by atoms with van der Waals surface area (Å²) in [4.78, 5) is 29.9. The Morgan fingerprint density at radius 3 is 2.00 bits per heavy atom. The Hall–Kier alpha value is -1.06. The molecule has 164 valence electrons. The summed E-state index contributed by atoms with van der Waals surface area (Å²) in [5.74, 6) is 4.43. The molecule has 2 amide bonds. The largest absolute Gasteiger partial charge is 0.339 e. The number of carbonyl (C=O) groups excluding carboxylic acids is 2. The lowest BCUT2D eigenvalue weighted by Gasteiger charge is -2.44. The summed E-state index contributed by atoms with van der Waals surface area (Å²) >= 11 is 0. The van der Waals surface area contributed by atoms with Gasteiger partial charge in [0, 0.05) is 37.5 Å². The highest BCUT2D eigenvalue weighted by Gasteiger charge is 2.43. The van der Waals surface area contributed by atoms with Gasteiger partial charge in [0.1, 0.15) is 0 Å². The molecule has 3 unspecified atom stereocenters. The highest BCUT2D eigenvalue weighted by atomic mass is 16.2. The lowest BCUT2D eigenvalue weighted by molar-refractivity contribution is -0.151. The van der Waals surface area contributed by atoms with Crippen molar-refractivity contribution >= 4 is 11.8 Å². The van der Waals surface area contributed by atoms with Gasteiger partial charge in [-0.15, -0.1) is 0 Å². The second kappa shape index (κ2) is 8.59. The van der Waals surface area contributed by atoms with Crippen LogP contribution in [0.2, 0.25) is 0 Å². The van der Waals surface area contributed by atoms with Gasteiger partial charge in [-0.1, -0.05) is 33.6 Å². The summed E-state index contributed by atoms with van der Waals surface area (Å²) in [6.45, 7) is 9.91. The third kappa shape index (κ3) is 4.37. The van der Waals surface area contributed by atoms with Gasteiger partial charge < -0.3 is 9.80 Å².